The first kappa shape index (κ1) is 10.9. The Morgan fingerprint density at radius 2 is 2.31 bits per heavy atom. The maximum Gasteiger partial charge on any atom is 0.358 e. The van der Waals surface area contributed by atoms with Gasteiger partial charge in [0.1, 0.15) is 5.76 Å². The fraction of sp³-hybridized carbons (Fsp3) is 0.273. The Morgan fingerprint density at radius 1 is 1.56 bits per heavy atom. The number of rotatable bonds is 3. The number of carboxylic acid groups (broad SMARTS) is 1. The van der Waals surface area contributed by atoms with Gasteiger partial charge in [-0.1, -0.05) is 6.92 Å². The highest BCUT2D eigenvalue weighted by Crippen LogP contribution is 2.29. The number of aromatic carboxylic acids is 1. The van der Waals surface area contributed by atoms with Crippen LogP contribution in [0.2, 0.25) is 0 Å². The number of thiophene rings is 1. The van der Waals surface area contributed by atoms with Crippen LogP contribution in [0.3, 0.4) is 0 Å². The lowest BCUT2D eigenvalue weighted by Gasteiger charge is -1.87. The zero-order chi connectivity index (χ0) is 11.7. The molecule has 2 aromatic heterocycles. The molecule has 0 amide bonds. The van der Waals surface area contributed by atoms with Crippen molar-refractivity contribution in [2.45, 2.75) is 20.3 Å². The van der Waals surface area contributed by atoms with E-state index < -0.39 is 5.97 Å². The Balaban J connectivity index is 2.41. The fourth-order valence-electron chi connectivity index (χ4n) is 1.38. The van der Waals surface area contributed by atoms with Gasteiger partial charge in [0.05, 0.1) is 4.88 Å². The molecular formula is C11H11NO3S. The molecule has 84 valence electrons. The van der Waals surface area contributed by atoms with Gasteiger partial charge in [-0.3, -0.25) is 0 Å². The molecule has 0 atom stereocenters. The van der Waals surface area contributed by atoms with Crippen LogP contribution in [0.15, 0.2) is 16.5 Å². The summed E-state index contributed by atoms with van der Waals surface area (Å²) < 4.78 is 5.34. The Morgan fingerprint density at radius 3 is 2.81 bits per heavy atom. The normalized spacial score (nSPS) is 10.6. The number of nitrogens with zero attached hydrogens (tertiary/aromatic N) is 1. The van der Waals surface area contributed by atoms with Gasteiger partial charge in [-0.2, -0.15) is 0 Å². The minimum absolute atomic E-state index is 0.0125. The van der Waals surface area contributed by atoms with Gasteiger partial charge in [0.25, 0.3) is 0 Å². The van der Waals surface area contributed by atoms with Crippen LogP contribution in [0.25, 0.3) is 10.8 Å². The molecule has 4 nitrogen and oxygen atoms in total. The van der Waals surface area contributed by atoms with E-state index in [1.54, 1.807) is 18.3 Å². The molecule has 0 saturated carbocycles. The van der Waals surface area contributed by atoms with Gasteiger partial charge in [0.2, 0.25) is 5.89 Å². The van der Waals surface area contributed by atoms with E-state index in [-0.39, 0.29) is 5.69 Å². The van der Waals surface area contributed by atoms with Gasteiger partial charge in [0.15, 0.2) is 5.69 Å². The molecule has 0 spiro atoms. The van der Waals surface area contributed by atoms with Crippen molar-refractivity contribution in [2.75, 3.05) is 0 Å². The van der Waals surface area contributed by atoms with Crippen molar-refractivity contribution in [1.29, 1.82) is 0 Å². The lowest BCUT2D eigenvalue weighted by atomic mass is 10.3. The topological polar surface area (TPSA) is 63.3 Å². The van der Waals surface area contributed by atoms with Crippen LogP contribution in [-0.2, 0) is 6.42 Å². The first-order valence-electron chi connectivity index (χ1n) is 4.91. The Labute approximate surface area is 96.6 Å². The highest BCUT2D eigenvalue weighted by atomic mass is 32.1. The molecule has 0 unspecified atom stereocenters. The van der Waals surface area contributed by atoms with E-state index in [1.807, 2.05) is 12.1 Å². The molecule has 2 aromatic rings. The molecule has 2 rings (SSSR count). The van der Waals surface area contributed by atoms with Gasteiger partial charge in [-0.15, -0.1) is 11.3 Å². The van der Waals surface area contributed by atoms with Crippen LogP contribution < -0.4 is 0 Å². The Bertz CT molecular complexity index is 527. The average Bonchev–Trinajstić information content (AvgIpc) is 2.83. The lowest BCUT2D eigenvalue weighted by Crippen LogP contribution is -1.98. The molecule has 5 heteroatoms. The quantitative estimate of drug-likeness (QED) is 0.891. The van der Waals surface area contributed by atoms with Crippen LogP contribution in [0, 0.1) is 6.92 Å². The Hall–Kier alpha value is -1.62. The molecule has 1 N–H and O–H groups in total. The minimum Gasteiger partial charge on any atom is -0.476 e. The minimum atomic E-state index is -1.06. The summed E-state index contributed by atoms with van der Waals surface area (Å²) in [5.41, 5.74) is -0.0125. The summed E-state index contributed by atoms with van der Waals surface area (Å²) in [5.74, 6) is -0.326. The summed E-state index contributed by atoms with van der Waals surface area (Å²) in [7, 11) is 0. The van der Waals surface area contributed by atoms with Crippen LogP contribution in [0.1, 0.15) is 28.0 Å². The smallest absolute Gasteiger partial charge is 0.358 e. The number of carboxylic acids is 1. The second-order valence-electron chi connectivity index (χ2n) is 3.35. The monoisotopic (exact) mass is 237 g/mol. The fourth-order valence-corrected chi connectivity index (χ4v) is 2.26. The van der Waals surface area contributed by atoms with Gasteiger partial charge < -0.3 is 9.52 Å². The van der Waals surface area contributed by atoms with Gasteiger partial charge in [-0.25, -0.2) is 9.78 Å². The number of carbonyl (C=O) groups is 1. The van der Waals surface area contributed by atoms with Crippen molar-refractivity contribution in [2.24, 2.45) is 0 Å². The first-order valence-corrected chi connectivity index (χ1v) is 5.73. The first-order chi connectivity index (χ1) is 7.61. The summed E-state index contributed by atoms with van der Waals surface area (Å²) in [5, 5.41) is 8.86. The number of aryl methyl sites for hydroxylation is 2. The summed E-state index contributed by atoms with van der Waals surface area (Å²) in [6.45, 7) is 3.67. The van der Waals surface area contributed by atoms with Crippen LogP contribution in [0.4, 0.5) is 0 Å². The number of aromatic nitrogens is 1. The van der Waals surface area contributed by atoms with E-state index in [0.29, 0.717) is 11.7 Å². The van der Waals surface area contributed by atoms with Crippen molar-refractivity contribution in [3.8, 4) is 10.8 Å². The number of oxazole rings is 1. The van der Waals surface area contributed by atoms with E-state index in [2.05, 4.69) is 11.9 Å². The van der Waals surface area contributed by atoms with Crippen molar-refractivity contribution in [3.05, 3.63) is 28.5 Å². The zero-order valence-electron chi connectivity index (χ0n) is 8.98. The average molecular weight is 237 g/mol. The van der Waals surface area contributed by atoms with E-state index >= 15 is 0 Å². The van der Waals surface area contributed by atoms with Gasteiger partial charge in [-0.05, 0) is 25.5 Å². The van der Waals surface area contributed by atoms with Gasteiger partial charge >= 0.3 is 5.97 Å². The summed E-state index contributed by atoms with van der Waals surface area (Å²) in [6.07, 6.45) is 0.955. The molecule has 2 heterocycles. The predicted molar refractivity (Wildman–Crippen MR) is 60.9 cm³/mol. The molecule has 0 fully saturated rings. The number of hydrogen-bond acceptors (Lipinski definition) is 4. The second-order valence-corrected chi connectivity index (χ2v) is 4.52. The maximum atomic E-state index is 10.8. The molecule has 0 saturated heterocycles. The standard InChI is InChI=1S/C11H11NO3S/c1-3-7-4-5-8(16-7)10-12-9(11(13)14)6(2)15-10/h4-5H,3H2,1-2H3,(H,13,14). The molecule has 0 aliphatic heterocycles. The van der Waals surface area contributed by atoms with E-state index in [4.69, 9.17) is 9.52 Å². The molecular weight excluding hydrogens is 226 g/mol. The third-order valence-corrected chi connectivity index (χ3v) is 3.44. The molecule has 0 aliphatic rings. The maximum absolute atomic E-state index is 10.8. The van der Waals surface area contributed by atoms with Gasteiger partial charge in [0, 0.05) is 4.88 Å². The molecule has 0 aliphatic carbocycles. The summed E-state index contributed by atoms with van der Waals surface area (Å²) in [6, 6.07) is 3.90. The van der Waals surface area contributed by atoms with Crippen molar-refractivity contribution in [3.63, 3.8) is 0 Å². The molecule has 0 aromatic carbocycles. The van der Waals surface area contributed by atoms with Crippen molar-refractivity contribution >= 4 is 17.3 Å². The summed E-state index contributed by atoms with van der Waals surface area (Å²) in [4.78, 5) is 16.9. The van der Waals surface area contributed by atoms with Crippen molar-refractivity contribution in [1.82, 2.24) is 4.98 Å². The zero-order valence-corrected chi connectivity index (χ0v) is 9.80. The molecule has 16 heavy (non-hydrogen) atoms. The predicted octanol–water partition coefficient (Wildman–Crippen LogP) is 2.97. The third kappa shape index (κ3) is 1.86. The van der Waals surface area contributed by atoms with Crippen molar-refractivity contribution < 1.29 is 14.3 Å². The SMILES string of the molecule is CCc1ccc(-c2nc(C(=O)O)c(C)o2)s1. The largest absolute Gasteiger partial charge is 0.476 e. The molecule has 0 bridgehead atoms. The molecule has 0 radical (unpaired) electrons. The van der Waals surface area contributed by atoms with Crippen LogP contribution in [0.5, 0.6) is 0 Å². The highest BCUT2D eigenvalue weighted by molar-refractivity contribution is 7.15. The van der Waals surface area contributed by atoms with E-state index in [1.165, 1.54) is 4.88 Å². The lowest BCUT2D eigenvalue weighted by molar-refractivity contribution is 0.0689. The van der Waals surface area contributed by atoms with Crippen LogP contribution in [-0.4, -0.2) is 16.1 Å². The Kier molecular flexibility index (Phi) is 2.78. The van der Waals surface area contributed by atoms with E-state index in [9.17, 15) is 4.79 Å². The van der Waals surface area contributed by atoms with E-state index in [0.717, 1.165) is 11.3 Å². The second kappa shape index (κ2) is 4.09. The van der Waals surface area contributed by atoms with Crippen LogP contribution >= 0.6 is 11.3 Å². The highest BCUT2D eigenvalue weighted by Gasteiger charge is 2.17. The number of hydrogen-bond donors (Lipinski definition) is 1. The summed E-state index contributed by atoms with van der Waals surface area (Å²) >= 11 is 1.57. The third-order valence-electron chi connectivity index (χ3n) is 2.22.